The van der Waals surface area contributed by atoms with Gasteiger partial charge in [0.15, 0.2) is 5.82 Å². The van der Waals surface area contributed by atoms with Gasteiger partial charge in [-0.1, -0.05) is 6.07 Å². The maximum atomic E-state index is 12.0. The minimum atomic E-state index is -0.289. The number of rotatable bonds is 4. The van der Waals surface area contributed by atoms with Crippen LogP contribution in [0.1, 0.15) is 38.6 Å². The highest BCUT2D eigenvalue weighted by atomic mass is 32.1. The Hall–Kier alpha value is -2.05. The first kappa shape index (κ1) is 15.8. The molecule has 0 aliphatic rings. The molecule has 23 heavy (non-hydrogen) atoms. The Morgan fingerprint density at radius 1 is 1.30 bits per heavy atom. The van der Waals surface area contributed by atoms with Crippen molar-refractivity contribution in [3.8, 4) is 0 Å². The molecule has 118 valence electrons. The summed E-state index contributed by atoms with van der Waals surface area (Å²) in [6, 6.07) is 4.05. The molecule has 0 aliphatic carbocycles. The third kappa shape index (κ3) is 3.18. The van der Waals surface area contributed by atoms with Crippen LogP contribution in [0.4, 0.5) is 0 Å². The number of aromatic nitrogens is 2. The van der Waals surface area contributed by atoms with Crippen molar-refractivity contribution >= 4 is 51.0 Å². The Morgan fingerprint density at radius 3 is 2.83 bits per heavy atom. The zero-order valence-corrected chi connectivity index (χ0v) is 14.8. The van der Waals surface area contributed by atoms with Gasteiger partial charge in [-0.2, -0.15) is 0 Å². The first-order valence-corrected chi connectivity index (χ1v) is 8.96. The molecule has 0 N–H and O–H groups in total. The lowest BCUT2D eigenvalue weighted by atomic mass is 10.1. The molecule has 0 atom stereocenters. The van der Waals surface area contributed by atoms with Crippen molar-refractivity contribution < 1.29 is 9.53 Å². The van der Waals surface area contributed by atoms with Crippen molar-refractivity contribution in [1.29, 1.82) is 0 Å². The normalized spacial score (nSPS) is 11.4. The number of carbonyl (C=O) groups excluding carboxylic acids is 1. The van der Waals surface area contributed by atoms with Gasteiger partial charge < -0.3 is 4.74 Å². The van der Waals surface area contributed by atoms with Crippen LogP contribution in [0, 0.1) is 13.8 Å². The molecule has 0 saturated heterocycles. The summed E-state index contributed by atoms with van der Waals surface area (Å²) in [4.78, 5) is 23.7. The molecule has 0 radical (unpaired) electrons. The number of nitrogens with zero attached hydrogens (tertiary/aromatic N) is 2. The molecular formula is C17H16N2O2S2. The van der Waals surface area contributed by atoms with Crippen molar-refractivity contribution in [1.82, 2.24) is 9.97 Å². The van der Waals surface area contributed by atoms with E-state index < -0.39 is 0 Å². The molecule has 0 bridgehead atoms. The van der Waals surface area contributed by atoms with Gasteiger partial charge in [-0.05, 0) is 49.9 Å². The van der Waals surface area contributed by atoms with E-state index in [0.29, 0.717) is 17.3 Å². The van der Waals surface area contributed by atoms with Gasteiger partial charge in [0.1, 0.15) is 9.71 Å². The quantitative estimate of drug-likeness (QED) is 0.643. The zero-order valence-electron chi connectivity index (χ0n) is 13.1. The fraction of sp³-hybridized carbons (Fsp3) is 0.235. The van der Waals surface area contributed by atoms with E-state index in [2.05, 4.69) is 9.97 Å². The molecule has 3 heterocycles. The van der Waals surface area contributed by atoms with Crippen LogP contribution in [0.25, 0.3) is 22.4 Å². The average Bonchev–Trinajstić information content (AvgIpc) is 3.13. The van der Waals surface area contributed by atoms with E-state index in [9.17, 15) is 4.79 Å². The lowest BCUT2D eigenvalue weighted by Gasteiger charge is -2.00. The highest BCUT2D eigenvalue weighted by Gasteiger charge is 2.19. The third-order valence-electron chi connectivity index (χ3n) is 3.39. The Labute approximate surface area is 142 Å². The Bertz CT molecular complexity index is 880. The monoisotopic (exact) mass is 344 g/mol. The summed E-state index contributed by atoms with van der Waals surface area (Å²) in [5, 5.41) is 2.98. The first-order valence-electron chi connectivity index (χ1n) is 7.26. The summed E-state index contributed by atoms with van der Waals surface area (Å²) < 4.78 is 5.12. The highest BCUT2D eigenvalue weighted by Crippen LogP contribution is 2.32. The zero-order chi connectivity index (χ0) is 16.4. The van der Waals surface area contributed by atoms with Crippen LogP contribution in [-0.4, -0.2) is 22.5 Å². The minimum Gasteiger partial charge on any atom is -0.462 e. The number of aryl methyl sites for hydroxylation is 2. The van der Waals surface area contributed by atoms with Crippen molar-refractivity contribution in [2.75, 3.05) is 6.61 Å². The third-order valence-corrected chi connectivity index (χ3v) is 5.39. The largest absolute Gasteiger partial charge is 0.462 e. The van der Waals surface area contributed by atoms with Crippen molar-refractivity contribution in [2.45, 2.75) is 20.8 Å². The van der Waals surface area contributed by atoms with Gasteiger partial charge in [-0.25, -0.2) is 14.8 Å². The summed E-state index contributed by atoms with van der Waals surface area (Å²) in [5.41, 5.74) is 1.78. The molecule has 0 fully saturated rings. The van der Waals surface area contributed by atoms with Crippen LogP contribution in [0.2, 0.25) is 0 Å². The second-order valence-electron chi connectivity index (χ2n) is 4.97. The lowest BCUT2D eigenvalue weighted by Crippen LogP contribution is -2.03. The topological polar surface area (TPSA) is 52.1 Å². The van der Waals surface area contributed by atoms with Crippen molar-refractivity contribution in [3.05, 3.63) is 44.3 Å². The molecule has 6 heteroatoms. The molecule has 0 aromatic carbocycles. The first-order chi connectivity index (χ1) is 11.1. The Morgan fingerprint density at radius 2 is 2.13 bits per heavy atom. The van der Waals surface area contributed by atoms with Crippen molar-refractivity contribution in [3.63, 3.8) is 0 Å². The lowest BCUT2D eigenvalue weighted by molar-refractivity contribution is 0.0531. The van der Waals surface area contributed by atoms with Crippen LogP contribution in [-0.2, 0) is 4.74 Å². The molecular weight excluding hydrogens is 328 g/mol. The van der Waals surface area contributed by atoms with Gasteiger partial charge >= 0.3 is 5.97 Å². The fourth-order valence-electron chi connectivity index (χ4n) is 2.37. The maximum absolute atomic E-state index is 12.0. The van der Waals surface area contributed by atoms with E-state index in [4.69, 9.17) is 4.74 Å². The molecule has 0 aliphatic heterocycles. The van der Waals surface area contributed by atoms with E-state index in [0.717, 1.165) is 26.4 Å². The van der Waals surface area contributed by atoms with Crippen LogP contribution in [0.5, 0.6) is 0 Å². The van der Waals surface area contributed by atoms with E-state index in [1.807, 2.05) is 43.5 Å². The van der Waals surface area contributed by atoms with Crippen LogP contribution < -0.4 is 0 Å². The van der Waals surface area contributed by atoms with Crippen LogP contribution in [0.15, 0.2) is 17.5 Å². The fourth-order valence-corrected chi connectivity index (χ4v) is 4.12. The number of carbonyl (C=O) groups is 1. The van der Waals surface area contributed by atoms with Gasteiger partial charge in [0.25, 0.3) is 0 Å². The van der Waals surface area contributed by atoms with Crippen molar-refractivity contribution in [2.24, 2.45) is 0 Å². The molecule has 3 aromatic rings. The molecule has 3 aromatic heterocycles. The summed E-state index contributed by atoms with van der Waals surface area (Å²) in [5.74, 6) is 0.364. The van der Waals surface area contributed by atoms with E-state index in [-0.39, 0.29) is 5.97 Å². The summed E-state index contributed by atoms with van der Waals surface area (Å²) >= 11 is 3.03. The number of fused-ring (bicyclic) bond motifs is 1. The van der Waals surface area contributed by atoms with Gasteiger partial charge in [0.05, 0.1) is 12.3 Å². The predicted molar refractivity (Wildman–Crippen MR) is 96.1 cm³/mol. The average molecular weight is 344 g/mol. The van der Waals surface area contributed by atoms with E-state index in [1.54, 1.807) is 18.3 Å². The van der Waals surface area contributed by atoms with Gasteiger partial charge in [-0.3, -0.25) is 0 Å². The Kier molecular flexibility index (Phi) is 4.54. The smallest absolute Gasteiger partial charge is 0.348 e. The molecule has 0 unspecified atom stereocenters. The Balaban J connectivity index is 2.02. The van der Waals surface area contributed by atoms with Gasteiger partial charge in [0, 0.05) is 10.3 Å². The molecule has 4 nitrogen and oxygen atoms in total. The van der Waals surface area contributed by atoms with Gasteiger partial charge in [0.2, 0.25) is 0 Å². The van der Waals surface area contributed by atoms with Crippen LogP contribution in [0.3, 0.4) is 0 Å². The van der Waals surface area contributed by atoms with Crippen LogP contribution >= 0.6 is 22.7 Å². The standard InChI is InChI=1S/C17H16N2O2S2/c1-4-21-17(20)15-10(2)14-11(3)18-13(19-16(14)23-15)8-7-12-6-5-9-22-12/h5-9H,4H2,1-3H3/b8-7+. The number of thiophene rings is 2. The van der Waals surface area contributed by atoms with E-state index in [1.165, 1.54) is 11.3 Å². The SMILES string of the molecule is CCOC(=O)c1sc2nc(/C=C/c3cccs3)nc(C)c2c1C. The highest BCUT2D eigenvalue weighted by molar-refractivity contribution is 7.20. The van der Waals surface area contributed by atoms with E-state index >= 15 is 0 Å². The molecule has 0 amide bonds. The number of esters is 1. The van der Waals surface area contributed by atoms with Gasteiger partial charge in [-0.15, -0.1) is 22.7 Å². The number of hydrogen-bond donors (Lipinski definition) is 0. The second-order valence-corrected chi connectivity index (χ2v) is 6.95. The molecule has 3 rings (SSSR count). The number of hydrogen-bond acceptors (Lipinski definition) is 6. The number of ether oxygens (including phenoxy) is 1. The summed E-state index contributed by atoms with van der Waals surface area (Å²) in [6.07, 6.45) is 3.90. The minimum absolute atomic E-state index is 0.289. The predicted octanol–water partition coefficient (Wildman–Crippen LogP) is 4.72. The molecule has 0 saturated carbocycles. The second kappa shape index (κ2) is 6.60. The molecule has 0 spiro atoms. The maximum Gasteiger partial charge on any atom is 0.348 e. The summed E-state index contributed by atoms with van der Waals surface area (Å²) in [7, 11) is 0. The summed E-state index contributed by atoms with van der Waals surface area (Å²) in [6.45, 7) is 6.04.